The Kier molecular flexibility index (Phi) is 3.29. The molecule has 2 aliphatic rings. The predicted molar refractivity (Wildman–Crippen MR) is 82.2 cm³/mol. The third-order valence-electron chi connectivity index (χ3n) is 4.15. The standard InChI is InChI=1S/C15H20BrN3/c1-15(8-11-4-6-13(16)7-5-11)10-18-14(17)19(15)9-12-2-3-12/h4-7,12H,2-3,8-10H2,1H3,(H2,17,18). The molecular weight excluding hydrogens is 302 g/mol. The van der Waals surface area contributed by atoms with Crippen molar-refractivity contribution in [1.82, 2.24) is 4.90 Å². The fourth-order valence-electron chi connectivity index (χ4n) is 2.76. The average molecular weight is 322 g/mol. The minimum atomic E-state index is 0.0422. The summed E-state index contributed by atoms with van der Waals surface area (Å²) in [5.74, 6) is 1.56. The van der Waals surface area contributed by atoms with E-state index in [1.807, 2.05) is 0 Å². The van der Waals surface area contributed by atoms with Crippen LogP contribution in [0, 0.1) is 5.92 Å². The Morgan fingerprint density at radius 1 is 1.37 bits per heavy atom. The molecule has 1 aromatic carbocycles. The van der Waals surface area contributed by atoms with Crippen LogP contribution in [0.4, 0.5) is 0 Å². The predicted octanol–water partition coefficient (Wildman–Crippen LogP) is 2.79. The van der Waals surface area contributed by atoms with Gasteiger partial charge in [0.2, 0.25) is 0 Å². The molecule has 0 saturated heterocycles. The number of hydrogen-bond donors (Lipinski definition) is 1. The molecule has 0 radical (unpaired) electrons. The van der Waals surface area contributed by atoms with Crippen molar-refractivity contribution < 1.29 is 0 Å². The summed E-state index contributed by atoms with van der Waals surface area (Å²) in [5, 5.41) is 0. The van der Waals surface area contributed by atoms with Gasteiger partial charge in [0.1, 0.15) is 0 Å². The van der Waals surface area contributed by atoms with Gasteiger partial charge in [0.15, 0.2) is 5.96 Å². The van der Waals surface area contributed by atoms with Gasteiger partial charge in [-0.15, -0.1) is 0 Å². The lowest BCUT2D eigenvalue weighted by molar-refractivity contribution is 0.213. The molecule has 1 atom stereocenters. The Labute approximate surface area is 123 Å². The fraction of sp³-hybridized carbons (Fsp3) is 0.533. The largest absolute Gasteiger partial charge is 0.370 e. The zero-order chi connectivity index (χ0) is 13.5. The Bertz CT molecular complexity index is 493. The molecule has 0 aromatic heterocycles. The summed E-state index contributed by atoms with van der Waals surface area (Å²) in [7, 11) is 0. The van der Waals surface area contributed by atoms with Crippen molar-refractivity contribution in [1.29, 1.82) is 0 Å². The molecule has 102 valence electrons. The van der Waals surface area contributed by atoms with Crippen molar-refractivity contribution in [2.75, 3.05) is 13.1 Å². The molecule has 0 amide bonds. The van der Waals surface area contributed by atoms with E-state index >= 15 is 0 Å². The highest BCUT2D eigenvalue weighted by molar-refractivity contribution is 9.10. The molecule has 1 aliphatic carbocycles. The Morgan fingerprint density at radius 2 is 2.05 bits per heavy atom. The number of rotatable bonds is 4. The zero-order valence-corrected chi connectivity index (χ0v) is 12.9. The summed E-state index contributed by atoms with van der Waals surface area (Å²) in [5.41, 5.74) is 7.46. The highest BCUT2D eigenvalue weighted by Gasteiger charge is 2.40. The van der Waals surface area contributed by atoms with Crippen LogP contribution in [0.3, 0.4) is 0 Å². The molecule has 0 bridgehead atoms. The molecule has 1 aromatic rings. The maximum Gasteiger partial charge on any atom is 0.191 e. The lowest BCUT2D eigenvalue weighted by Crippen LogP contribution is -2.51. The van der Waals surface area contributed by atoms with E-state index in [2.05, 4.69) is 57.0 Å². The van der Waals surface area contributed by atoms with Crippen LogP contribution in [-0.2, 0) is 6.42 Å². The van der Waals surface area contributed by atoms with E-state index in [1.165, 1.54) is 18.4 Å². The average Bonchev–Trinajstić information content (AvgIpc) is 3.15. The van der Waals surface area contributed by atoms with Gasteiger partial charge in [-0.1, -0.05) is 28.1 Å². The van der Waals surface area contributed by atoms with Gasteiger partial charge in [-0.2, -0.15) is 0 Å². The summed E-state index contributed by atoms with van der Waals surface area (Å²) >= 11 is 3.48. The third kappa shape index (κ3) is 2.78. The second kappa shape index (κ2) is 4.82. The van der Waals surface area contributed by atoms with Crippen molar-refractivity contribution in [2.24, 2.45) is 16.6 Å². The van der Waals surface area contributed by atoms with Crippen LogP contribution in [0.15, 0.2) is 33.7 Å². The molecule has 3 nitrogen and oxygen atoms in total. The number of nitrogens with two attached hydrogens (primary N) is 1. The van der Waals surface area contributed by atoms with Gasteiger partial charge in [0, 0.05) is 11.0 Å². The van der Waals surface area contributed by atoms with Crippen LogP contribution in [-0.4, -0.2) is 29.5 Å². The lowest BCUT2D eigenvalue weighted by Gasteiger charge is -2.36. The minimum Gasteiger partial charge on any atom is -0.370 e. The van der Waals surface area contributed by atoms with Crippen LogP contribution in [0.5, 0.6) is 0 Å². The van der Waals surface area contributed by atoms with Crippen molar-refractivity contribution in [3.8, 4) is 0 Å². The molecule has 1 saturated carbocycles. The first-order chi connectivity index (χ1) is 9.07. The minimum absolute atomic E-state index is 0.0422. The number of nitrogens with zero attached hydrogens (tertiary/aromatic N) is 2. The number of halogens is 1. The second-order valence-corrected chi connectivity index (χ2v) is 6.94. The van der Waals surface area contributed by atoms with Crippen LogP contribution in [0.2, 0.25) is 0 Å². The van der Waals surface area contributed by atoms with Crippen LogP contribution in [0.25, 0.3) is 0 Å². The monoisotopic (exact) mass is 321 g/mol. The van der Waals surface area contributed by atoms with Crippen molar-refractivity contribution in [2.45, 2.75) is 31.7 Å². The molecule has 1 fully saturated rings. The van der Waals surface area contributed by atoms with E-state index in [9.17, 15) is 0 Å². The Morgan fingerprint density at radius 3 is 2.68 bits per heavy atom. The van der Waals surface area contributed by atoms with Gasteiger partial charge in [0.25, 0.3) is 0 Å². The van der Waals surface area contributed by atoms with Gasteiger partial charge in [-0.25, -0.2) is 0 Å². The van der Waals surface area contributed by atoms with Crippen molar-refractivity contribution in [3.63, 3.8) is 0 Å². The first-order valence-electron chi connectivity index (χ1n) is 6.89. The molecule has 19 heavy (non-hydrogen) atoms. The summed E-state index contributed by atoms with van der Waals surface area (Å²) in [4.78, 5) is 6.80. The number of benzene rings is 1. The summed E-state index contributed by atoms with van der Waals surface area (Å²) in [6, 6.07) is 8.56. The van der Waals surface area contributed by atoms with E-state index in [4.69, 9.17) is 5.73 Å². The van der Waals surface area contributed by atoms with E-state index in [0.29, 0.717) is 0 Å². The van der Waals surface area contributed by atoms with Crippen LogP contribution in [0.1, 0.15) is 25.3 Å². The van der Waals surface area contributed by atoms with E-state index in [0.717, 1.165) is 35.9 Å². The summed E-state index contributed by atoms with van der Waals surface area (Å²) < 4.78 is 1.12. The van der Waals surface area contributed by atoms with Gasteiger partial charge in [-0.3, -0.25) is 4.99 Å². The molecular formula is C15H20BrN3. The number of guanidine groups is 1. The van der Waals surface area contributed by atoms with Crippen LogP contribution < -0.4 is 5.73 Å². The molecule has 4 heteroatoms. The highest BCUT2D eigenvalue weighted by atomic mass is 79.9. The Balaban J connectivity index is 1.75. The van der Waals surface area contributed by atoms with Gasteiger partial charge >= 0.3 is 0 Å². The van der Waals surface area contributed by atoms with E-state index in [-0.39, 0.29) is 5.54 Å². The Hall–Kier alpha value is -1.03. The number of aliphatic imine (C=N–C) groups is 1. The molecule has 1 aliphatic heterocycles. The maximum absolute atomic E-state index is 6.08. The topological polar surface area (TPSA) is 41.6 Å². The van der Waals surface area contributed by atoms with Gasteiger partial charge in [-0.05, 0) is 49.8 Å². The quantitative estimate of drug-likeness (QED) is 0.926. The SMILES string of the molecule is CC1(Cc2ccc(Br)cc2)CN=C(N)N1CC1CC1. The zero-order valence-electron chi connectivity index (χ0n) is 11.3. The fourth-order valence-corrected chi connectivity index (χ4v) is 3.03. The maximum atomic E-state index is 6.08. The normalized spacial score (nSPS) is 26.6. The summed E-state index contributed by atoms with van der Waals surface area (Å²) in [6.45, 7) is 4.16. The lowest BCUT2D eigenvalue weighted by atomic mass is 9.91. The van der Waals surface area contributed by atoms with Gasteiger partial charge < -0.3 is 10.6 Å². The first kappa shape index (κ1) is 13.0. The van der Waals surface area contributed by atoms with Gasteiger partial charge in [0.05, 0.1) is 12.1 Å². The molecule has 0 spiro atoms. The molecule has 3 rings (SSSR count). The smallest absolute Gasteiger partial charge is 0.191 e. The molecule has 1 heterocycles. The van der Waals surface area contributed by atoms with Crippen LogP contribution >= 0.6 is 15.9 Å². The van der Waals surface area contributed by atoms with E-state index < -0.39 is 0 Å². The first-order valence-corrected chi connectivity index (χ1v) is 7.68. The number of hydrogen-bond acceptors (Lipinski definition) is 3. The van der Waals surface area contributed by atoms with E-state index in [1.54, 1.807) is 0 Å². The second-order valence-electron chi connectivity index (χ2n) is 6.03. The van der Waals surface area contributed by atoms with Crippen molar-refractivity contribution in [3.05, 3.63) is 34.3 Å². The molecule has 1 unspecified atom stereocenters. The summed E-state index contributed by atoms with van der Waals surface area (Å²) in [6.07, 6.45) is 3.69. The third-order valence-corrected chi connectivity index (χ3v) is 4.67. The molecule has 2 N–H and O–H groups in total. The highest BCUT2D eigenvalue weighted by Crippen LogP contribution is 2.34. The van der Waals surface area contributed by atoms with Crippen molar-refractivity contribution >= 4 is 21.9 Å².